The van der Waals surface area contributed by atoms with Gasteiger partial charge in [-0.25, -0.2) is 0 Å². The molecule has 3 rings (SSSR count). The van der Waals surface area contributed by atoms with Crippen LogP contribution in [0.1, 0.15) is 11.1 Å². The number of halogens is 2. The molecule has 0 amide bonds. The predicted molar refractivity (Wildman–Crippen MR) is 103 cm³/mol. The van der Waals surface area contributed by atoms with Crippen LogP contribution in [0.5, 0.6) is 0 Å². The summed E-state index contributed by atoms with van der Waals surface area (Å²) >= 11 is 4.68. The van der Waals surface area contributed by atoms with E-state index in [0.29, 0.717) is 0 Å². The lowest BCUT2D eigenvalue weighted by molar-refractivity contribution is 1.50. The van der Waals surface area contributed by atoms with Crippen molar-refractivity contribution in [2.75, 3.05) is 0 Å². The summed E-state index contributed by atoms with van der Waals surface area (Å²) in [5.41, 5.74) is 5.09. The maximum absolute atomic E-state index is 2.34. The second-order valence-electron chi connectivity index (χ2n) is 4.56. The number of hydrogen-bond acceptors (Lipinski definition) is 0. The molecule has 0 bridgehead atoms. The van der Waals surface area contributed by atoms with Gasteiger partial charge in [0.05, 0.1) is 0 Å². The zero-order valence-electron chi connectivity index (χ0n) is 10.7. The molecule has 0 saturated carbocycles. The number of allylic oxidation sites excluding steroid dienone is 5. The summed E-state index contributed by atoms with van der Waals surface area (Å²) in [6, 6.07) is 17.4. The Morgan fingerprint density at radius 1 is 0.600 bits per heavy atom. The topological polar surface area (TPSA) is 0 Å². The number of rotatable bonds is 2. The molecule has 0 spiro atoms. The van der Waals surface area contributed by atoms with Crippen LogP contribution in [0.3, 0.4) is 0 Å². The predicted octanol–water partition coefficient (Wildman–Crippen LogP) is 5.82. The van der Waals surface area contributed by atoms with Crippen LogP contribution in [0.15, 0.2) is 78.4 Å². The molecule has 0 radical (unpaired) electrons. The fourth-order valence-electron chi connectivity index (χ4n) is 2.27. The molecule has 2 heteroatoms. The lowest BCUT2D eigenvalue weighted by atomic mass is 9.93. The Kier molecular flexibility index (Phi) is 4.41. The van der Waals surface area contributed by atoms with E-state index in [1.54, 1.807) is 0 Å². The van der Waals surface area contributed by atoms with E-state index in [2.05, 4.69) is 118 Å². The molecule has 0 aromatic heterocycles. The normalized spacial score (nSPS) is 13.0. The molecule has 0 N–H and O–H groups in total. The average molecular weight is 482 g/mol. The van der Waals surface area contributed by atoms with E-state index in [9.17, 15) is 0 Å². The zero-order chi connectivity index (χ0) is 13.9. The highest BCUT2D eigenvalue weighted by Crippen LogP contribution is 2.30. The molecule has 1 aliphatic rings. The molecule has 0 nitrogen and oxygen atoms in total. The second-order valence-corrected chi connectivity index (χ2v) is 7.05. The van der Waals surface area contributed by atoms with Crippen LogP contribution < -0.4 is 0 Å². The molecule has 2 aromatic rings. The van der Waals surface area contributed by atoms with Crippen LogP contribution in [-0.2, 0) is 0 Å². The first-order valence-electron chi connectivity index (χ1n) is 6.35. The Morgan fingerprint density at radius 2 is 1.00 bits per heavy atom. The third kappa shape index (κ3) is 3.06. The van der Waals surface area contributed by atoms with Crippen molar-refractivity contribution >= 4 is 50.8 Å². The minimum Gasteiger partial charge on any atom is -0.0616 e. The minimum absolute atomic E-state index is 1.26. The van der Waals surface area contributed by atoms with Gasteiger partial charge in [0.15, 0.2) is 0 Å². The molecular weight excluding hydrogens is 470 g/mol. The maximum atomic E-state index is 2.34. The van der Waals surface area contributed by atoms with Crippen LogP contribution in [0.4, 0.5) is 0 Å². The van der Waals surface area contributed by atoms with Crippen LogP contribution in [0.25, 0.3) is 5.57 Å². The highest BCUT2D eigenvalue weighted by atomic mass is 127. The molecule has 1 aliphatic carbocycles. The van der Waals surface area contributed by atoms with Crippen molar-refractivity contribution in [3.05, 3.63) is 96.7 Å². The van der Waals surface area contributed by atoms with Crippen molar-refractivity contribution in [1.29, 1.82) is 0 Å². The summed E-state index contributed by atoms with van der Waals surface area (Å²) in [7, 11) is 0. The molecular formula is C18H12I2. The first-order valence-corrected chi connectivity index (χ1v) is 8.51. The SMILES string of the molecule is Ic1ccc(C(=C2C=CC=C2)c2ccc(I)cc2)cc1. The molecule has 0 atom stereocenters. The third-order valence-corrected chi connectivity index (χ3v) is 4.66. The molecule has 20 heavy (non-hydrogen) atoms. The summed E-state index contributed by atoms with van der Waals surface area (Å²) in [6.07, 6.45) is 8.53. The van der Waals surface area contributed by atoms with E-state index in [1.807, 2.05) is 0 Å². The largest absolute Gasteiger partial charge is 0.0616 e. The molecule has 0 heterocycles. The summed E-state index contributed by atoms with van der Waals surface area (Å²) in [5, 5.41) is 0. The first-order chi connectivity index (χ1) is 9.74. The fraction of sp³-hybridized carbons (Fsp3) is 0. The maximum Gasteiger partial charge on any atom is 0.0130 e. The lowest BCUT2D eigenvalue weighted by Crippen LogP contribution is -1.92. The van der Waals surface area contributed by atoms with Crippen LogP contribution in [-0.4, -0.2) is 0 Å². The lowest BCUT2D eigenvalue weighted by Gasteiger charge is -2.11. The highest BCUT2D eigenvalue weighted by molar-refractivity contribution is 14.1. The quantitative estimate of drug-likeness (QED) is 0.474. The van der Waals surface area contributed by atoms with Crippen molar-refractivity contribution in [1.82, 2.24) is 0 Å². The second kappa shape index (κ2) is 6.26. The average Bonchev–Trinajstić information content (AvgIpc) is 2.97. The highest BCUT2D eigenvalue weighted by Gasteiger charge is 2.10. The van der Waals surface area contributed by atoms with E-state index in [0.717, 1.165) is 0 Å². The summed E-state index contributed by atoms with van der Waals surface area (Å²) in [6.45, 7) is 0. The molecule has 0 fully saturated rings. The Morgan fingerprint density at radius 3 is 1.40 bits per heavy atom. The third-order valence-electron chi connectivity index (χ3n) is 3.22. The van der Waals surface area contributed by atoms with Gasteiger partial charge in [-0.05, 0) is 91.7 Å². The monoisotopic (exact) mass is 482 g/mol. The van der Waals surface area contributed by atoms with Gasteiger partial charge in [0.2, 0.25) is 0 Å². The van der Waals surface area contributed by atoms with E-state index in [1.165, 1.54) is 29.4 Å². The summed E-state index contributed by atoms with van der Waals surface area (Å²) in [5.74, 6) is 0. The van der Waals surface area contributed by atoms with Crippen LogP contribution in [0.2, 0.25) is 0 Å². The van der Waals surface area contributed by atoms with Gasteiger partial charge in [0.25, 0.3) is 0 Å². The van der Waals surface area contributed by atoms with E-state index in [4.69, 9.17) is 0 Å². The summed E-state index contributed by atoms with van der Waals surface area (Å²) in [4.78, 5) is 0. The van der Waals surface area contributed by atoms with Crippen molar-refractivity contribution < 1.29 is 0 Å². The minimum atomic E-state index is 1.26. The number of hydrogen-bond donors (Lipinski definition) is 0. The van der Waals surface area contributed by atoms with E-state index >= 15 is 0 Å². The van der Waals surface area contributed by atoms with Crippen molar-refractivity contribution in [2.45, 2.75) is 0 Å². The van der Waals surface area contributed by atoms with Crippen molar-refractivity contribution in [2.24, 2.45) is 0 Å². The van der Waals surface area contributed by atoms with Crippen molar-refractivity contribution in [3.8, 4) is 0 Å². The van der Waals surface area contributed by atoms with Gasteiger partial charge in [-0.3, -0.25) is 0 Å². The Labute approximate surface area is 146 Å². The number of benzene rings is 2. The molecule has 0 aliphatic heterocycles. The van der Waals surface area contributed by atoms with Gasteiger partial charge in [-0.1, -0.05) is 48.6 Å². The van der Waals surface area contributed by atoms with Gasteiger partial charge in [0, 0.05) is 7.14 Å². The Bertz CT molecular complexity index is 641. The Hall–Kier alpha value is -0.880. The summed E-state index contributed by atoms with van der Waals surface area (Å²) < 4.78 is 2.52. The van der Waals surface area contributed by atoms with Gasteiger partial charge in [-0.2, -0.15) is 0 Å². The molecule has 98 valence electrons. The van der Waals surface area contributed by atoms with Gasteiger partial charge in [0.1, 0.15) is 0 Å². The van der Waals surface area contributed by atoms with Crippen LogP contribution in [0, 0.1) is 7.14 Å². The molecule has 2 aromatic carbocycles. The zero-order valence-corrected chi connectivity index (χ0v) is 15.0. The van der Waals surface area contributed by atoms with Gasteiger partial charge in [-0.15, -0.1) is 0 Å². The standard InChI is InChI=1S/C18H12I2/c19-16-9-5-14(6-10-16)18(13-3-1-2-4-13)15-7-11-17(20)12-8-15/h1-12H. The Balaban J connectivity index is 2.17. The van der Waals surface area contributed by atoms with Crippen LogP contribution >= 0.6 is 45.2 Å². The van der Waals surface area contributed by atoms with Crippen molar-refractivity contribution in [3.63, 3.8) is 0 Å². The van der Waals surface area contributed by atoms with Gasteiger partial charge < -0.3 is 0 Å². The molecule has 0 unspecified atom stereocenters. The van der Waals surface area contributed by atoms with E-state index < -0.39 is 0 Å². The van der Waals surface area contributed by atoms with Gasteiger partial charge >= 0.3 is 0 Å². The smallest absolute Gasteiger partial charge is 0.0130 e. The first kappa shape index (κ1) is 14.1. The fourth-order valence-corrected chi connectivity index (χ4v) is 2.99. The molecule has 0 saturated heterocycles. The van der Waals surface area contributed by atoms with E-state index in [-0.39, 0.29) is 0 Å².